The SMILES string of the molecule is Nc1cccc(Nc2ccc(Br)c(F)c2)c1. The second-order valence-corrected chi connectivity index (χ2v) is 4.23. The lowest BCUT2D eigenvalue weighted by Crippen LogP contribution is -1.92. The molecule has 4 heteroatoms. The Kier molecular flexibility index (Phi) is 3.10. The third kappa shape index (κ3) is 2.52. The van der Waals surface area contributed by atoms with Gasteiger partial charge in [0.25, 0.3) is 0 Å². The van der Waals surface area contributed by atoms with Crippen molar-refractivity contribution in [3.8, 4) is 0 Å². The first-order valence-corrected chi connectivity index (χ1v) is 5.52. The van der Waals surface area contributed by atoms with Gasteiger partial charge in [-0.15, -0.1) is 0 Å². The highest BCUT2D eigenvalue weighted by atomic mass is 79.9. The molecule has 0 fully saturated rings. The molecule has 0 atom stereocenters. The first kappa shape index (κ1) is 11.0. The van der Waals surface area contributed by atoms with E-state index in [2.05, 4.69) is 21.2 Å². The van der Waals surface area contributed by atoms with Crippen LogP contribution in [0.3, 0.4) is 0 Å². The molecule has 16 heavy (non-hydrogen) atoms. The van der Waals surface area contributed by atoms with Crippen LogP contribution in [-0.2, 0) is 0 Å². The molecule has 2 nitrogen and oxygen atoms in total. The van der Waals surface area contributed by atoms with Crippen LogP contribution in [0.4, 0.5) is 21.5 Å². The molecular weight excluding hydrogens is 271 g/mol. The Labute approximate surface area is 101 Å². The van der Waals surface area contributed by atoms with Crippen molar-refractivity contribution in [1.29, 1.82) is 0 Å². The van der Waals surface area contributed by atoms with Crippen LogP contribution in [0.15, 0.2) is 46.9 Å². The Morgan fingerprint density at radius 1 is 1.06 bits per heavy atom. The van der Waals surface area contributed by atoms with Crippen LogP contribution in [0, 0.1) is 5.82 Å². The van der Waals surface area contributed by atoms with Gasteiger partial charge in [0.2, 0.25) is 0 Å². The zero-order chi connectivity index (χ0) is 11.5. The standard InChI is InChI=1S/C12H10BrFN2/c13-11-5-4-10(7-12(11)14)16-9-3-1-2-8(15)6-9/h1-7,16H,15H2. The number of rotatable bonds is 2. The average Bonchev–Trinajstić information content (AvgIpc) is 2.24. The molecule has 82 valence electrons. The van der Waals surface area contributed by atoms with Gasteiger partial charge in [-0.25, -0.2) is 4.39 Å². The molecule has 0 saturated heterocycles. The first-order valence-electron chi connectivity index (χ1n) is 4.73. The molecule has 2 aromatic carbocycles. The van der Waals surface area contributed by atoms with Crippen LogP contribution in [0.2, 0.25) is 0 Å². The molecule has 2 aromatic rings. The minimum absolute atomic E-state index is 0.297. The van der Waals surface area contributed by atoms with Crippen molar-refractivity contribution < 1.29 is 4.39 Å². The number of anilines is 3. The van der Waals surface area contributed by atoms with E-state index >= 15 is 0 Å². The Bertz CT molecular complexity index is 514. The lowest BCUT2D eigenvalue weighted by atomic mass is 10.2. The maximum atomic E-state index is 13.2. The zero-order valence-electron chi connectivity index (χ0n) is 8.37. The molecule has 0 amide bonds. The van der Waals surface area contributed by atoms with Crippen molar-refractivity contribution in [1.82, 2.24) is 0 Å². The van der Waals surface area contributed by atoms with E-state index in [9.17, 15) is 4.39 Å². The van der Waals surface area contributed by atoms with E-state index in [1.165, 1.54) is 6.07 Å². The van der Waals surface area contributed by atoms with Gasteiger partial charge in [-0.05, 0) is 52.3 Å². The van der Waals surface area contributed by atoms with Crippen molar-refractivity contribution in [2.75, 3.05) is 11.1 Å². The first-order chi connectivity index (χ1) is 7.65. The molecule has 0 heterocycles. The smallest absolute Gasteiger partial charge is 0.139 e. The van der Waals surface area contributed by atoms with E-state index in [1.807, 2.05) is 12.1 Å². The fraction of sp³-hybridized carbons (Fsp3) is 0. The minimum atomic E-state index is -0.297. The monoisotopic (exact) mass is 280 g/mol. The fourth-order valence-corrected chi connectivity index (χ4v) is 1.60. The number of hydrogen-bond donors (Lipinski definition) is 2. The summed E-state index contributed by atoms with van der Waals surface area (Å²) in [5.74, 6) is -0.297. The van der Waals surface area contributed by atoms with Gasteiger partial charge in [-0.1, -0.05) is 6.07 Å². The second-order valence-electron chi connectivity index (χ2n) is 3.38. The molecule has 0 aromatic heterocycles. The van der Waals surface area contributed by atoms with Gasteiger partial charge in [-0.2, -0.15) is 0 Å². The lowest BCUT2D eigenvalue weighted by molar-refractivity contribution is 0.622. The quantitative estimate of drug-likeness (QED) is 0.819. The molecule has 0 unspecified atom stereocenters. The molecule has 0 saturated carbocycles. The molecular formula is C12H10BrFN2. The van der Waals surface area contributed by atoms with Crippen LogP contribution in [-0.4, -0.2) is 0 Å². The molecule has 3 N–H and O–H groups in total. The summed E-state index contributed by atoms with van der Waals surface area (Å²) in [6, 6.07) is 12.2. The lowest BCUT2D eigenvalue weighted by Gasteiger charge is -2.07. The third-order valence-corrected chi connectivity index (χ3v) is 2.74. The molecule has 0 radical (unpaired) electrons. The predicted molar refractivity (Wildman–Crippen MR) is 68.2 cm³/mol. The van der Waals surface area contributed by atoms with Gasteiger partial charge in [-0.3, -0.25) is 0 Å². The molecule has 0 aliphatic carbocycles. The molecule has 2 rings (SSSR count). The molecule has 0 spiro atoms. The van der Waals surface area contributed by atoms with Gasteiger partial charge in [0.1, 0.15) is 5.82 Å². The summed E-state index contributed by atoms with van der Waals surface area (Å²) in [6.45, 7) is 0. The fourth-order valence-electron chi connectivity index (χ4n) is 1.36. The summed E-state index contributed by atoms with van der Waals surface area (Å²) in [4.78, 5) is 0. The van der Waals surface area contributed by atoms with Gasteiger partial charge < -0.3 is 11.1 Å². The summed E-state index contributed by atoms with van der Waals surface area (Å²) >= 11 is 3.10. The number of halogens is 2. The largest absolute Gasteiger partial charge is 0.399 e. The number of nitrogens with two attached hydrogens (primary N) is 1. The Morgan fingerprint density at radius 2 is 1.81 bits per heavy atom. The number of nitrogens with one attached hydrogen (secondary N) is 1. The Morgan fingerprint density at radius 3 is 2.50 bits per heavy atom. The Hall–Kier alpha value is -1.55. The maximum absolute atomic E-state index is 13.2. The maximum Gasteiger partial charge on any atom is 0.139 e. The summed E-state index contributed by atoms with van der Waals surface area (Å²) < 4.78 is 13.7. The van der Waals surface area contributed by atoms with Crippen molar-refractivity contribution in [3.05, 3.63) is 52.8 Å². The number of hydrogen-bond acceptors (Lipinski definition) is 2. The third-order valence-electron chi connectivity index (χ3n) is 2.09. The van der Waals surface area contributed by atoms with Crippen LogP contribution < -0.4 is 11.1 Å². The van der Waals surface area contributed by atoms with Crippen LogP contribution in [0.5, 0.6) is 0 Å². The molecule has 0 bridgehead atoms. The summed E-state index contributed by atoms with van der Waals surface area (Å²) in [5, 5.41) is 3.07. The predicted octanol–water partition coefficient (Wildman–Crippen LogP) is 3.91. The van der Waals surface area contributed by atoms with Crippen LogP contribution >= 0.6 is 15.9 Å². The van der Waals surface area contributed by atoms with Gasteiger partial charge in [0.15, 0.2) is 0 Å². The van der Waals surface area contributed by atoms with Gasteiger partial charge in [0.05, 0.1) is 4.47 Å². The number of nitrogen functional groups attached to an aromatic ring is 1. The van der Waals surface area contributed by atoms with Gasteiger partial charge in [0, 0.05) is 17.1 Å². The Balaban J connectivity index is 2.24. The van der Waals surface area contributed by atoms with Crippen molar-refractivity contribution in [2.45, 2.75) is 0 Å². The highest BCUT2D eigenvalue weighted by Gasteiger charge is 2.00. The zero-order valence-corrected chi connectivity index (χ0v) is 9.96. The summed E-state index contributed by atoms with van der Waals surface area (Å²) in [5.41, 5.74) is 7.84. The van der Waals surface area contributed by atoms with Crippen molar-refractivity contribution >= 4 is 33.0 Å². The van der Waals surface area contributed by atoms with E-state index in [0.717, 1.165) is 5.69 Å². The summed E-state index contributed by atoms with van der Waals surface area (Å²) in [6.07, 6.45) is 0. The van der Waals surface area contributed by atoms with Crippen LogP contribution in [0.1, 0.15) is 0 Å². The number of benzene rings is 2. The van der Waals surface area contributed by atoms with Crippen LogP contribution in [0.25, 0.3) is 0 Å². The van der Waals surface area contributed by atoms with E-state index in [-0.39, 0.29) is 5.82 Å². The second kappa shape index (κ2) is 4.53. The van der Waals surface area contributed by atoms with Crippen molar-refractivity contribution in [3.63, 3.8) is 0 Å². The normalized spacial score (nSPS) is 10.1. The van der Waals surface area contributed by atoms with Crippen molar-refractivity contribution in [2.24, 2.45) is 0 Å². The van der Waals surface area contributed by atoms with E-state index < -0.39 is 0 Å². The van der Waals surface area contributed by atoms with E-state index in [0.29, 0.717) is 15.8 Å². The molecule has 0 aliphatic rings. The highest BCUT2D eigenvalue weighted by molar-refractivity contribution is 9.10. The van der Waals surface area contributed by atoms with Gasteiger partial charge >= 0.3 is 0 Å². The van der Waals surface area contributed by atoms with E-state index in [4.69, 9.17) is 5.73 Å². The topological polar surface area (TPSA) is 38.0 Å². The highest BCUT2D eigenvalue weighted by Crippen LogP contribution is 2.23. The minimum Gasteiger partial charge on any atom is -0.399 e. The molecule has 0 aliphatic heterocycles. The summed E-state index contributed by atoms with van der Waals surface area (Å²) in [7, 11) is 0. The van der Waals surface area contributed by atoms with E-state index in [1.54, 1.807) is 24.3 Å². The average molecular weight is 281 g/mol.